The van der Waals surface area contributed by atoms with Gasteiger partial charge in [-0.05, 0) is 33.0 Å². The van der Waals surface area contributed by atoms with Crippen molar-refractivity contribution < 1.29 is 4.79 Å². The van der Waals surface area contributed by atoms with Crippen molar-refractivity contribution in [3.8, 4) is 0 Å². The minimum absolute atomic E-state index is 0.203. The first kappa shape index (κ1) is 10.5. The molecule has 1 amide bonds. The predicted octanol–water partition coefficient (Wildman–Crippen LogP) is -0.454. The van der Waals surface area contributed by atoms with Crippen LogP contribution in [0.1, 0.15) is 19.3 Å². The summed E-state index contributed by atoms with van der Waals surface area (Å²) in [5.41, 5.74) is 5.03. The van der Waals surface area contributed by atoms with Crippen molar-refractivity contribution in [2.24, 2.45) is 5.73 Å². The van der Waals surface area contributed by atoms with Crippen molar-refractivity contribution in [3.63, 3.8) is 0 Å². The van der Waals surface area contributed by atoms with Gasteiger partial charge in [0.25, 0.3) is 0 Å². The summed E-state index contributed by atoms with van der Waals surface area (Å²) in [5, 5.41) is 3.42. The highest BCUT2D eigenvalue weighted by Gasteiger charge is 2.17. The highest BCUT2D eigenvalue weighted by Crippen LogP contribution is 2.05. The van der Waals surface area contributed by atoms with Crippen LogP contribution < -0.4 is 11.1 Å². The Bertz CT molecular complexity index is 172. The van der Waals surface area contributed by atoms with E-state index in [9.17, 15) is 4.79 Å². The highest BCUT2D eigenvalue weighted by molar-refractivity contribution is 5.73. The fourth-order valence-corrected chi connectivity index (χ4v) is 1.67. The van der Waals surface area contributed by atoms with Crippen LogP contribution in [0.5, 0.6) is 0 Å². The molecule has 0 bridgehead atoms. The number of amides is 1. The van der Waals surface area contributed by atoms with Crippen LogP contribution in [0.4, 0.5) is 0 Å². The number of carbonyl (C=O) groups is 1. The molecule has 0 spiro atoms. The number of likely N-dealkylation sites (tertiary alicyclic amines) is 1. The molecule has 1 atom stereocenters. The minimum atomic E-state index is -0.203. The Hall–Kier alpha value is -0.610. The summed E-state index contributed by atoms with van der Waals surface area (Å²) in [5.74, 6) is -0.203. The molecule has 3 N–H and O–H groups in total. The molecule has 0 aliphatic carbocycles. The van der Waals surface area contributed by atoms with E-state index in [1.54, 1.807) is 0 Å². The molecular weight excluding hydrogens is 166 g/mol. The molecule has 0 aromatic carbocycles. The van der Waals surface area contributed by atoms with E-state index < -0.39 is 0 Å². The fourth-order valence-electron chi connectivity index (χ4n) is 1.67. The summed E-state index contributed by atoms with van der Waals surface area (Å²) < 4.78 is 0. The number of nitrogens with one attached hydrogen (secondary N) is 1. The molecule has 1 aliphatic rings. The standard InChI is InChI=1S/C9H19N3O/c1-12-6-4-8(7-12)11-5-2-3-9(10)13/h8,11H,2-7H2,1H3,(H2,10,13). The van der Waals surface area contributed by atoms with Crippen molar-refractivity contribution in [2.45, 2.75) is 25.3 Å². The lowest BCUT2D eigenvalue weighted by Crippen LogP contribution is -2.32. The largest absolute Gasteiger partial charge is 0.370 e. The molecule has 1 unspecified atom stereocenters. The second-order valence-electron chi connectivity index (χ2n) is 3.77. The van der Waals surface area contributed by atoms with Crippen LogP contribution in [0.15, 0.2) is 0 Å². The Labute approximate surface area is 79.5 Å². The third-order valence-corrected chi connectivity index (χ3v) is 2.42. The minimum Gasteiger partial charge on any atom is -0.370 e. The van der Waals surface area contributed by atoms with E-state index in [0.717, 1.165) is 19.5 Å². The molecule has 1 heterocycles. The highest BCUT2D eigenvalue weighted by atomic mass is 16.1. The Morgan fingerprint density at radius 1 is 1.69 bits per heavy atom. The second-order valence-corrected chi connectivity index (χ2v) is 3.77. The smallest absolute Gasteiger partial charge is 0.217 e. The molecule has 1 aliphatic heterocycles. The summed E-state index contributed by atoms with van der Waals surface area (Å²) in [6.07, 6.45) is 2.57. The quantitative estimate of drug-likeness (QED) is 0.570. The Morgan fingerprint density at radius 2 is 2.46 bits per heavy atom. The molecule has 0 saturated carbocycles. The Morgan fingerprint density at radius 3 is 3.00 bits per heavy atom. The van der Waals surface area contributed by atoms with Gasteiger partial charge in [-0.25, -0.2) is 0 Å². The zero-order valence-electron chi connectivity index (χ0n) is 8.25. The van der Waals surface area contributed by atoms with Gasteiger partial charge >= 0.3 is 0 Å². The number of carbonyl (C=O) groups excluding carboxylic acids is 1. The SMILES string of the molecule is CN1CCC(NCCCC(N)=O)C1. The van der Waals surface area contributed by atoms with Crippen LogP contribution in [-0.4, -0.2) is 43.5 Å². The van der Waals surface area contributed by atoms with Gasteiger partial charge in [0.1, 0.15) is 0 Å². The topological polar surface area (TPSA) is 58.4 Å². The summed E-state index contributed by atoms with van der Waals surface area (Å²) in [6, 6.07) is 0.609. The summed E-state index contributed by atoms with van der Waals surface area (Å²) >= 11 is 0. The molecule has 76 valence electrons. The van der Waals surface area contributed by atoms with Gasteiger partial charge in [-0.2, -0.15) is 0 Å². The van der Waals surface area contributed by atoms with Gasteiger partial charge in [-0.3, -0.25) is 4.79 Å². The van der Waals surface area contributed by atoms with E-state index in [4.69, 9.17) is 5.73 Å². The van der Waals surface area contributed by atoms with E-state index in [1.807, 2.05) is 0 Å². The van der Waals surface area contributed by atoms with Crippen molar-refractivity contribution in [1.82, 2.24) is 10.2 Å². The van der Waals surface area contributed by atoms with E-state index in [2.05, 4.69) is 17.3 Å². The van der Waals surface area contributed by atoms with Gasteiger partial charge in [0.05, 0.1) is 0 Å². The summed E-state index contributed by atoms with van der Waals surface area (Å²) in [7, 11) is 2.13. The normalized spacial score (nSPS) is 23.6. The lowest BCUT2D eigenvalue weighted by Gasteiger charge is -2.11. The maximum absolute atomic E-state index is 10.4. The molecule has 1 saturated heterocycles. The van der Waals surface area contributed by atoms with Crippen molar-refractivity contribution in [2.75, 3.05) is 26.7 Å². The fraction of sp³-hybridized carbons (Fsp3) is 0.889. The zero-order chi connectivity index (χ0) is 9.68. The van der Waals surface area contributed by atoms with E-state index in [0.29, 0.717) is 12.5 Å². The van der Waals surface area contributed by atoms with E-state index in [1.165, 1.54) is 13.0 Å². The first-order valence-corrected chi connectivity index (χ1v) is 4.88. The zero-order valence-corrected chi connectivity index (χ0v) is 8.25. The molecular formula is C9H19N3O. The van der Waals surface area contributed by atoms with Crippen molar-refractivity contribution in [3.05, 3.63) is 0 Å². The average molecular weight is 185 g/mol. The molecule has 1 fully saturated rings. The number of rotatable bonds is 5. The van der Waals surface area contributed by atoms with Crippen LogP contribution in [-0.2, 0) is 4.79 Å². The average Bonchev–Trinajstić information content (AvgIpc) is 2.45. The summed E-state index contributed by atoms with van der Waals surface area (Å²) in [4.78, 5) is 12.7. The molecule has 4 heteroatoms. The number of likely N-dealkylation sites (N-methyl/N-ethyl adjacent to an activating group) is 1. The van der Waals surface area contributed by atoms with Crippen LogP contribution in [0.2, 0.25) is 0 Å². The number of nitrogens with zero attached hydrogens (tertiary/aromatic N) is 1. The first-order chi connectivity index (χ1) is 6.18. The predicted molar refractivity (Wildman–Crippen MR) is 52.3 cm³/mol. The number of primary amides is 1. The third-order valence-electron chi connectivity index (χ3n) is 2.42. The molecule has 1 rings (SSSR count). The molecule has 0 radical (unpaired) electrons. The van der Waals surface area contributed by atoms with Crippen LogP contribution in [0, 0.1) is 0 Å². The van der Waals surface area contributed by atoms with Crippen molar-refractivity contribution in [1.29, 1.82) is 0 Å². The van der Waals surface area contributed by atoms with E-state index >= 15 is 0 Å². The number of nitrogens with two attached hydrogens (primary N) is 1. The molecule has 0 aromatic rings. The van der Waals surface area contributed by atoms with Gasteiger partial charge < -0.3 is 16.0 Å². The maximum atomic E-state index is 10.4. The van der Waals surface area contributed by atoms with Crippen LogP contribution in [0.3, 0.4) is 0 Å². The van der Waals surface area contributed by atoms with Gasteiger partial charge in [0.15, 0.2) is 0 Å². The summed E-state index contributed by atoms with van der Waals surface area (Å²) in [6.45, 7) is 3.20. The number of hydrogen-bond acceptors (Lipinski definition) is 3. The molecule has 4 nitrogen and oxygen atoms in total. The molecule has 0 aromatic heterocycles. The van der Waals surface area contributed by atoms with Gasteiger partial charge in [-0.1, -0.05) is 0 Å². The van der Waals surface area contributed by atoms with Gasteiger partial charge in [-0.15, -0.1) is 0 Å². The number of hydrogen-bond donors (Lipinski definition) is 2. The monoisotopic (exact) mass is 185 g/mol. The first-order valence-electron chi connectivity index (χ1n) is 4.88. The lowest BCUT2D eigenvalue weighted by molar-refractivity contribution is -0.118. The van der Waals surface area contributed by atoms with E-state index in [-0.39, 0.29) is 5.91 Å². The van der Waals surface area contributed by atoms with Gasteiger partial charge in [0.2, 0.25) is 5.91 Å². The Balaban J connectivity index is 1.97. The second kappa shape index (κ2) is 5.19. The maximum Gasteiger partial charge on any atom is 0.217 e. The van der Waals surface area contributed by atoms with Crippen LogP contribution in [0.25, 0.3) is 0 Å². The van der Waals surface area contributed by atoms with Crippen LogP contribution >= 0.6 is 0 Å². The lowest BCUT2D eigenvalue weighted by atomic mass is 10.2. The van der Waals surface area contributed by atoms with Crippen molar-refractivity contribution >= 4 is 5.91 Å². The Kier molecular flexibility index (Phi) is 4.18. The van der Waals surface area contributed by atoms with Gasteiger partial charge in [0, 0.05) is 19.0 Å². The third kappa shape index (κ3) is 4.24. The molecule has 13 heavy (non-hydrogen) atoms.